The molecule has 1 aromatic heterocycles. The number of aryl methyl sites for hydroxylation is 1. The summed E-state index contributed by atoms with van der Waals surface area (Å²) in [6.45, 7) is 4.00. The molecule has 1 aromatic carbocycles. The maximum Gasteiger partial charge on any atom is 0.167 e. The van der Waals surface area contributed by atoms with Gasteiger partial charge in [0.2, 0.25) is 0 Å². The Labute approximate surface area is 119 Å². The number of carbonyl (C=O) groups excluding carboxylic acids is 1. The van der Waals surface area contributed by atoms with E-state index in [2.05, 4.69) is 5.10 Å². The number of aliphatic hydroxyl groups excluding tert-OH is 1. The molecular weight excluding hydrogens is 252 g/mol. The van der Waals surface area contributed by atoms with Gasteiger partial charge in [0.25, 0.3) is 0 Å². The van der Waals surface area contributed by atoms with E-state index in [1.54, 1.807) is 4.68 Å². The van der Waals surface area contributed by atoms with E-state index >= 15 is 0 Å². The van der Waals surface area contributed by atoms with Crippen molar-refractivity contribution in [3.63, 3.8) is 0 Å². The molecule has 0 radical (unpaired) electrons. The third-order valence-corrected chi connectivity index (χ3v) is 4.00. The highest BCUT2D eigenvalue weighted by molar-refractivity contribution is 5.90. The summed E-state index contributed by atoms with van der Waals surface area (Å²) in [6, 6.07) is 7.84. The van der Waals surface area contributed by atoms with Crippen molar-refractivity contribution >= 4 is 16.7 Å². The standard InChI is InChI=1S/C16H22N2O2/c1-4-11(5-2)16(20)15(19)10-13-12-8-6-7-9-14(12)18(3)17-13/h6-9,11,16,20H,4-5,10H2,1-3H3. The molecule has 2 rings (SSSR count). The smallest absolute Gasteiger partial charge is 0.167 e. The predicted octanol–water partition coefficient (Wildman–Crippen LogP) is 2.48. The lowest BCUT2D eigenvalue weighted by molar-refractivity contribution is -0.129. The molecule has 1 unspecified atom stereocenters. The van der Waals surface area contributed by atoms with Crippen LogP contribution in [0.5, 0.6) is 0 Å². The Morgan fingerprint density at radius 2 is 1.95 bits per heavy atom. The number of carbonyl (C=O) groups is 1. The Kier molecular flexibility index (Phi) is 4.55. The van der Waals surface area contributed by atoms with Crippen LogP contribution in [0.1, 0.15) is 32.4 Å². The van der Waals surface area contributed by atoms with Crippen molar-refractivity contribution in [2.45, 2.75) is 39.2 Å². The van der Waals surface area contributed by atoms with Crippen LogP contribution in [-0.2, 0) is 18.3 Å². The predicted molar refractivity (Wildman–Crippen MR) is 79.5 cm³/mol. The number of para-hydroxylation sites is 1. The Morgan fingerprint density at radius 3 is 2.60 bits per heavy atom. The summed E-state index contributed by atoms with van der Waals surface area (Å²) >= 11 is 0. The molecule has 0 bridgehead atoms. The number of Topliss-reactive ketones (excluding diaryl/α,β-unsaturated/α-hetero) is 1. The van der Waals surface area contributed by atoms with Crippen molar-refractivity contribution in [1.82, 2.24) is 9.78 Å². The van der Waals surface area contributed by atoms with Gasteiger partial charge in [-0.25, -0.2) is 0 Å². The van der Waals surface area contributed by atoms with Gasteiger partial charge in [0.15, 0.2) is 5.78 Å². The largest absolute Gasteiger partial charge is 0.385 e. The molecule has 0 spiro atoms. The number of ketones is 1. The maximum atomic E-state index is 12.2. The molecule has 108 valence electrons. The minimum absolute atomic E-state index is 0.0393. The minimum atomic E-state index is -0.884. The first kappa shape index (κ1) is 14.7. The molecule has 20 heavy (non-hydrogen) atoms. The van der Waals surface area contributed by atoms with Crippen LogP contribution < -0.4 is 0 Å². The zero-order valence-electron chi connectivity index (χ0n) is 12.3. The molecule has 1 N–H and O–H groups in total. The van der Waals surface area contributed by atoms with Gasteiger partial charge < -0.3 is 5.11 Å². The first-order valence-corrected chi connectivity index (χ1v) is 7.19. The van der Waals surface area contributed by atoms with Gasteiger partial charge in [-0.05, 0) is 12.0 Å². The van der Waals surface area contributed by atoms with Crippen LogP contribution in [0.15, 0.2) is 24.3 Å². The Morgan fingerprint density at radius 1 is 1.30 bits per heavy atom. The number of aromatic nitrogens is 2. The number of fused-ring (bicyclic) bond motifs is 1. The van der Waals surface area contributed by atoms with Crippen LogP contribution in [0.3, 0.4) is 0 Å². The summed E-state index contributed by atoms with van der Waals surface area (Å²) < 4.78 is 1.78. The van der Waals surface area contributed by atoms with Crippen LogP contribution in [-0.4, -0.2) is 26.8 Å². The maximum absolute atomic E-state index is 12.2. The molecule has 0 saturated heterocycles. The fourth-order valence-corrected chi connectivity index (χ4v) is 2.69. The first-order valence-electron chi connectivity index (χ1n) is 7.19. The summed E-state index contributed by atoms with van der Waals surface area (Å²) in [7, 11) is 1.87. The van der Waals surface area contributed by atoms with Crippen molar-refractivity contribution < 1.29 is 9.90 Å². The van der Waals surface area contributed by atoms with Crippen LogP contribution in [0, 0.1) is 5.92 Å². The molecule has 0 aliphatic carbocycles. The molecule has 1 heterocycles. The highest BCUT2D eigenvalue weighted by Crippen LogP contribution is 2.20. The summed E-state index contributed by atoms with van der Waals surface area (Å²) in [4.78, 5) is 12.2. The number of rotatable bonds is 6. The lowest BCUT2D eigenvalue weighted by Gasteiger charge is -2.18. The molecular formula is C16H22N2O2. The molecule has 0 saturated carbocycles. The van der Waals surface area contributed by atoms with E-state index in [0.717, 1.165) is 29.4 Å². The Bertz CT molecular complexity index is 600. The van der Waals surface area contributed by atoms with E-state index in [0.29, 0.717) is 0 Å². The fourth-order valence-electron chi connectivity index (χ4n) is 2.69. The van der Waals surface area contributed by atoms with Gasteiger partial charge in [0, 0.05) is 12.4 Å². The van der Waals surface area contributed by atoms with E-state index in [1.807, 2.05) is 45.2 Å². The zero-order valence-corrected chi connectivity index (χ0v) is 12.3. The summed E-state index contributed by atoms with van der Waals surface area (Å²) in [6.07, 6.45) is 0.934. The Hall–Kier alpha value is -1.68. The number of hydrogen-bond donors (Lipinski definition) is 1. The highest BCUT2D eigenvalue weighted by atomic mass is 16.3. The van der Waals surface area contributed by atoms with E-state index in [1.165, 1.54) is 0 Å². The topological polar surface area (TPSA) is 55.1 Å². The van der Waals surface area contributed by atoms with Crippen molar-refractivity contribution in [1.29, 1.82) is 0 Å². The molecule has 2 aromatic rings. The Balaban J connectivity index is 2.22. The van der Waals surface area contributed by atoms with Gasteiger partial charge in [-0.2, -0.15) is 5.10 Å². The zero-order chi connectivity index (χ0) is 14.7. The monoisotopic (exact) mass is 274 g/mol. The second kappa shape index (κ2) is 6.18. The fraction of sp³-hybridized carbons (Fsp3) is 0.500. The highest BCUT2D eigenvalue weighted by Gasteiger charge is 2.24. The quantitative estimate of drug-likeness (QED) is 0.880. The second-order valence-corrected chi connectivity index (χ2v) is 5.25. The van der Waals surface area contributed by atoms with Crippen LogP contribution in [0.25, 0.3) is 10.9 Å². The molecule has 0 amide bonds. The third kappa shape index (κ3) is 2.75. The SMILES string of the molecule is CCC(CC)C(O)C(=O)Cc1nn(C)c2ccccc12. The average Bonchev–Trinajstić information content (AvgIpc) is 2.77. The third-order valence-electron chi connectivity index (χ3n) is 4.00. The van der Waals surface area contributed by atoms with Crippen molar-refractivity contribution in [3.8, 4) is 0 Å². The van der Waals surface area contributed by atoms with Gasteiger partial charge in [-0.3, -0.25) is 9.48 Å². The molecule has 1 atom stereocenters. The number of hydrogen-bond acceptors (Lipinski definition) is 3. The van der Waals surface area contributed by atoms with Gasteiger partial charge in [-0.1, -0.05) is 44.9 Å². The van der Waals surface area contributed by atoms with Crippen molar-refractivity contribution in [2.75, 3.05) is 0 Å². The number of aliphatic hydroxyl groups is 1. The lowest BCUT2D eigenvalue weighted by Crippen LogP contribution is -2.30. The van der Waals surface area contributed by atoms with Gasteiger partial charge in [0.05, 0.1) is 17.6 Å². The van der Waals surface area contributed by atoms with E-state index in [4.69, 9.17) is 0 Å². The van der Waals surface area contributed by atoms with Gasteiger partial charge >= 0.3 is 0 Å². The lowest BCUT2D eigenvalue weighted by atomic mass is 9.92. The second-order valence-electron chi connectivity index (χ2n) is 5.25. The molecule has 0 fully saturated rings. The van der Waals surface area contributed by atoms with Gasteiger partial charge in [0.1, 0.15) is 6.10 Å². The van der Waals surface area contributed by atoms with Crippen LogP contribution >= 0.6 is 0 Å². The van der Waals surface area contributed by atoms with Gasteiger partial charge in [-0.15, -0.1) is 0 Å². The average molecular weight is 274 g/mol. The normalized spacial score (nSPS) is 13.1. The number of benzene rings is 1. The summed E-state index contributed by atoms with van der Waals surface area (Å²) in [5.41, 5.74) is 1.76. The van der Waals surface area contributed by atoms with E-state index in [-0.39, 0.29) is 18.1 Å². The van der Waals surface area contributed by atoms with Crippen molar-refractivity contribution in [3.05, 3.63) is 30.0 Å². The summed E-state index contributed by atoms with van der Waals surface area (Å²) in [5, 5.41) is 15.5. The number of nitrogens with zero attached hydrogens (tertiary/aromatic N) is 2. The summed E-state index contributed by atoms with van der Waals surface area (Å²) in [5.74, 6) is -0.0972. The van der Waals surface area contributed by atoms with Crippen LogP contribution in [0.2, 0.25) is 0 Å². The first-order chi connectivity index (χ1) is 9.58. The van der Waals surface area contributed by atoms with E-state index < -0.39 is 6.10 Å². The molecule has 4 nitrogen and oxygen atoms in total. The van der Waals surface area contributed by atoms with E-state index in [9.17, 15) is 9.90 Å². The molecule has 0 aliphatic rings. The molecule has 4 heteroatoms. The van der Waals surface area contributed by atoms with Crippen molar-refractivity contribution in [2.24, 2.45) is 13.0 Å². The minimum Gasteiger partial charge on any atom is -0.385 e. The van der Waals surface area contributed by atoms with Crippen LogP contribution in [0.4, 0.5) is 0 Å². The molecule has 0 aliphatic heterocycles.